The summed E-state index contributed by atoms with van der Waals surface area (Å²) >= 11 is 0. The fourth-order valence-electron chi connectivity index (χ4n) is 2.78. The summed E-state index contributed by atoms with van der Waals surface area (Å²) < 4.78 is 0. The van der Waals surface area contributed by atoms with E-state index < -0.39 is 0 Å². The fraction of sp³-hybridized carbons (Fsp3) is 0.222. The van der Waals surface area contributed by atoms with Gasteiger partial charge < -0.3 is 15.5 Å². The largest absolute Gasteiger partial charge is 0.323 e. The van der Waals surface area contributed by atoms with Crippen LogP contribution < -0.4 is 15.5 Å². The predicted molar refractivity (Wildman–Crippen MR) is 92.0 cm³/mol. The van der Waals surface area contributed by atoms with E-state index in [9.17, 15) is 9.59 Å². The van der Waals surface area contributed by atoms with Crippen molar-refractivity contribution in [3.05, 3.63) is 53.6 Å². The Morgan fingerprint density at radius 2 is 1.87 bits per heavy atom. The molecule has 1 heterocycles. The zero-order valence-electron chi connectivity index (χ0n) is 13.2. The number of hydrogen-bond donors (Lipinski definition) is 2. The van der Waals surface area contributed by atoms with Crippen molar-refractivity contribution < 1.29 is 9.59 Å². The van der Waals surface area contributed by atoms with Gasteiger partial charge in [0.1, 0.15) is 0 Å². The normalized spacial score (nSPS) is 12.7. The van der Waals surface area contributed by atoms with Crippen LogP contribution >= 0.6 is 0 Å². The molecule has 0 aliphatic carbocycles. The fourth-order valence-corrected chi connectivity index (χ4v) is 2.78. The molecule has 0 atom stereocenters. The van der Waals surface area contributed by atoms with Gasteiger partial charge in [-0.1, -0.05) is 24.3 Å². The Bertz CT molecular complexity index is 771. The predicted octanol–water partition coefficient (Wildman–Crippen LogP) is 3.55. The summed E-state index contributed by atoms with van der Waals surface area (Å²) in [7, 11) is 0. The quantitative estimate of drug-likeness (QED) is 0.891. The second-order valence-corrected chi connectivity index (χ2v) is 5.66. The molecule has 0 aromatic heterocycles. The lowest BCUT2D eigenvalue weighted by Gasteiger charge is -2.16. The molecule has 0 fully saturated rings. The summed E-state index contributed by atoms with van der Waals surface area (Å²) in [4.78, 5) is 25.5. The van der Waals surface area contributed by atoms with Crippen molar-refractivity contribution in [2.45, 2.75) is 20.3 Å². The van der Waals surface area contributed by atoms with Crippen molar-refractivity contribution in [2.75, 3.05) is 22.1 Å². The smallest absolute Gasteiger partial charge is 0.312 e. The zero-order valence-corrected chi connectivity index (χ0v) is 13.2. The summed E-state index contributed by atoms with van der Waals surface area (Å²) in [6, 6.07) is 13.0. The number of nitrogens with zero attached hydrogens (tertiary/aromatic N) is 1. The molecule has 118 valence electrons. The Hall–Kier alpha value is -2.82. The van der Waals surface area contributed by atoms with Crippen LogP contribution in [0.25, 0.3) is 0 Å². The number of rotatable bonds is 2. The molecule has 0 spiro atoms. The number of fused-ring (bicyclic) bond motifs is 1. The third-order valence-corrected chi connectivity index (χ3v) is 4.01. The van der Waals surface area contributed by atoms with Gasteiger partial charge in [0.05, 0.1) is 0 Å². The summed E-state index contributed by atoms with van der Waals surface area (Å²) in [6.07, 6.45) is 0.852. The Morgan fingerprint density at radius 3 is 2.61 bits per heavy atom. The Kier molecular flexibility index (Phi) is 4.02. The van der Waals surface area contributed by atoms with Gasteiger partial charge in [-0.2, -0.15) is 0 Å². The Balaban J connectivity index is 1.74. The van der Waals surface area contributed by atoms with Crippen LogP contribution in [0.1, 0.15) is 18.1 Å². The number of carbonyl (C=O) groups excluding carboxylic acids is 2. The van der Waals surface area contributed by atoms with Crippen molar-refractivity contribution >= 4 is 29.0 Å². The van der Waals surface area contributed by atoms with Gasteiger partial charge in [-0.3, -0.25) is 4.79 Å². The third-order valence-electron chi connectivity index (χ3n) is 4.01. The number of urea groups is 1. The van der Waals surface area contributed by atoms with Gasteiger partial charge in [-0.05, 0) is 42.7 Å². The minimum absolute atomic E-state index is 0.0188. The van der Waals surface area contributed by atoms with E-state index in [1.54, 1.807) is 11.8 Å². The lowest BCUT2D eigenvalue weighted by molar-refractivity contribution is -0.116. The topological polar surface area (TPSA) is 61.4 Å². The molecule has 2 N–H and O–H groups in total. The number of hydrogen-bond acceptors (Lipinski definition) is 2. The van der Waals surface area contributed by atoms with E-state index in [2.05, 4.69) is 10.6 Å². The van der Waals surface area contributed by atoms with Crippen LogP contribution in [0.15, 0.2) is 42.5 Å². The van der Waals surface area contributed by atoms with E-state index in [1.165, 1.54) is 0 Å². The van der Waals surface area contributed by atoms with Crippen LogP contribution in [-0.2, 0) is 11.2 Å². The molecule has 2 aromatic carbocycles. The first-order valence-corrected chi connectivity index (χ1v) is 7.59. The monoisotopic (exact) mass is 309 g/mol. The highest BCUT2D eigenvalue weighted by molar-refractivity contribution is 6.01. The van der Waals surface area contributed by atoms with Gasteiger partial charge in [0.25, 0.3) is 0 Å². The lowest BCUT2D eigenvalue weighted by atomic mass is 10.1. The van der Waals surface area contributed by atoms with E-state index in [0.29, 0.717) is 12.2 Å². The molecule has 0 unspecified atom stereocenters. The van der Waals surface area contributed by atoms with Crippen molar-refractivity contribution in [3.8, 4) is 0 Å². The van der Waals surface area contributed by atoms with Crippen LogP contribution in [0, 0.1) is 6.92 Å². The van der Waals surface area contributed by atoms with Crippen molar-refractivity contribution in [1.82, 2.24) is 0 Å². The van der Waals surface area contributed by atoms with E-state index >= 15 is 0 Å². The summed E-state index contributed by atoms with van der Waals surface area (Å²) in [5.74, 6) is 0.0188. The maximum Gasteiger partial charge on any atom is 0.323 e. The first kappa shape index (κ1) is 15.1. The minimum atomic E-state index is -0.299. The molecule has 3 rings (SSSR count). The van der Waals surface area contributed by atoms with Crippen LogP contribution in [0.3, 0.4) is 0 Å². The average Bonchev–Trinajstić information content (AvgIpc) is 2.93. The van der Waals surface area contributed by atoms with Crippen LogP contribution in [-0.4, -0.2) is 18.5 Å². The number of para-hydroxylation sites is 1. The third kappa shape index (κ3) is 3.18. The molecule has 1 aliphatic rings. The number of amides is 3. The molecule has 0 saturated carbocycles. The van der Waals surface area contributed by atoms with Gasteiger partial charge in [0, 0.05) is 30.5 Å². The highest BCUT2D eigenvalue weighted by atomic mass is 16.2. The minimum Gasteiger partial charge on any atom is -0.312 e. The molecule has 0 saturated heterocycles. The van der Waals surface area contributed by atoms with Crippen LogP contribution in [0.5, 0.6) is 0 Å². The number of benzene rings is 2. The Morgan fingerprint density at radius 1 is 1.09 bits per heavy atom. The first-order chi connectivity index (χ1) is 11.0. The summed E-state index contributed by atoms with van der Waals surface area (Å²) in [5.41, 5.74) is 4.45. The second kappa shape index (κ2) is 6.12. The zero-order chi connectivity index (χ0) is 16.4. The molecule has 5 nitrogen and oxygen atoms in total. The number of carbonyl (C=O) groups is 2. The molecule has 2 aromatic rings. The molecular weight excluding hydrogens is 290 g/mol. The highest BCUT2D eigenvalue weighted by Gasteiger charge is 2.22. The van der Waals surface area contributed by atoms with Gasteiger partial charge >= 0.3 is 6.03 Å². The number of aryl methyl sites for hydroxylation is 1. The van der Waals surface area contributed by atoms with E-state index in [4.69, 9.17) is 0 Å². The highest BCUT2D eigenvalue weighted by Crippen LogP contribution is 2.31. The standard InChI is InChI=1S/C18H19N3O2/c1-12-5-3-4-6-16(12)20-18(23)19-15-8-7-14-9-10-21(13(2)22)17(14)11-15/h3-8,11H,9-10H2,1-2H3,(H2,19,20,23). The number of anilines is 3. The van der Waals surface area contributed by atoms with Crippen LogP contribution in [0.4, 0.5) is 21.9 Å². The number of nitrogens with one attached hydrogen (secondary N) is 2. The summed E-state index contributed by atoms with van der Waals surface area (Å²) in [5, 5.41) is 5.65. The second-order valence-electron chi connectivity index (χ2n) is 5.66. The van der Waals surface area contributed by atoms with Gasteiger partial charge in [0.15, 0.2) is 0 Å². The lowest BCUT2D eigenvalue weighted by Crippen LogP contribution is -2.26. The van der Waals surface area contributed by atoms with Crippen molar-refractivity contribution in [3.63, 3.8) is 0 Å². The molecule has 5 heteroatoms. The molecule has 1 aliphatic heterocycles. The van der Waals surface area contributed by atoms with E-state index in [-0.39, 0.29) is 11.9 Å². The van der Waals surface area contributed by atoms with Crippen molar-refractivity contribution in [1.29, 1.82) is 0 Å². The SMILES string of the molecule is CC(=O)N1CCc2ccc(NC(=O)Nc3ccccc3C)cc21. The molecule has 23 heavy (non-hydrogen) atoms. The van der Waals surface area contributed by atoms with E-state index in [1.807, 2.05) is 49.4 Å². The molecule has 3 amide bonds. The average molecular weight is 309 g/mol. The maximum absolute atomic E-state index is 12.1. The van der Waals surface area contributed by atoms with Crippen LogP contribution in [0.2, 0.25) is 0 Å². The van der Waals surface area contributed by atoms with E-state index in [0.717, 1.165) is 28.9 Å². The summed E-state index contributed by atoms with van der Waals surface area (Å²) in [6.45, 7) is 4.19. The maximum atomic E-state index is 12.1. The van der Waals surface area contributed by atoms with Gasteiger partial charge in [-0.15, -0.1) is 0 Å². The Labute approximate surface area is 135 Å². The van der Waals surface area contributed by atoms with Crippen molar-refractivity contribution in [2.24, 2.45) is 0 Å². The molecule has 0 bridgehead atoms. The molecule has 0 radical (unpaired) electrons. The van der Waals surface area contributed by atoms with Gasteiger partial charge in [-0.25, -0.2) is 4.79 Å². The first-order valence-electron chi connectivity index (χ1n) is 7.59. The van der Waals surface area contributed by atoms with Gasteiger partial charge in [0.2, 0.25) is 5.91 Å². The molecular formula is C18H19N3O2.